The van der Waals surface area contributed by atoms with Crippen LogP contribution in [0.2, 0.25) is 0 Å². The third-order valence-electron chi connectivity index (χ3n) is 4.48. The Morgan fingerprint density at radius 1 is 1.04 bits per heavy atom. The lowest BCUT2D eigenvalue weighted by Crippen LogP contribution is -2.31. The minimum atomic E-state index is -0.184. The van der Waals surface area contributed by atoms with Gasteiger partial charge in [-0.3, -0.25) is 9.69 Å². The van der Waals surface area contributed by atoms with Crippen LogP contribution in [0.5, 0.6) is 0 Å². The van der Waals surface area contributed by atoms with E-state index in [1.165, 1.54) is 17.1 Å². The molecule has 0 saturated carbocycles. The van der Waals surface area contributed by atoms with E-state index in [0.717, 1.165) is 25.3 Å². The Bertz CT molecular complexity index is 888. The van der Waals surface area contributed by atoms with Gasteiger partial charge in [0.25, 0.3) is 5.91 Å². The highest BCUT2D eigenvalue weighted by atomic mass is 32.2. The molecule has 1 aromatic heterocycles. The first kappa shape index (κ1) is 17.8. The van der Waals surface area contributed by atoms with Crippen LogP contribution < -0.4 is 5.32 Å². The van der Waals surface area contributed by atoms with Crippen LogP contribution in [0.1, 0.15) is 15.9 Å². The van der Waals surface area contributed by atoms with Gasteiger partial charge in [0, 0.05) is 36.7 Å². The molecule has 0 radical (unpaired) electrons. The molecule has 1 aliphatic rings. The second-order valence-corrected chi connectivity index (χ2v) is 7.65. The molecule has 0 spiro atoms. The first-order chi connectivity index (χ1) is 13.3. The Balaban J connectivity index is 1.37. The summed E-state index contributed by atoms with van der Waals surface area (Å²) in [5.41, 5.74) is 2.74. The lowest BCUT2D eigenvalue weighted by Gasteiger charge is -2.26. The zero-order chi connectivity index (χ0) is 18.5. The highest BCUT2D eigenvalue weighted by molar-refractivity contribution is 7.99. The number of carbonyl (C=O) groups is 1. The van der Waals surface area contributed by atoms with Gasteiger partial charge in [-0.15, -0.1) is 5.10 Å². The molecule has 27 heavy (non-hydrogen) atoms. The van der Waals surface area contributed by atoms with Crippen molar-refractivity contribution in [3.8, 4) is 5.69 Å². The van der Waals surface area contributed by atoms with Crippen molar-refractivity contribution >= 4 is 23.5 Å². The Kier molecular flexibility index (Phi) is 5.50. The van der Waals surface area contributed by atoms with E-state index in [0.29, 0.717) is 11.4 Å². The molecule has 1 N–H and O–H groups in total. The summed E-state index contributed by atoms with van der Waals surface area (Å²) in [6, 6.07) is 17.4. The molecule has 0 unspecified atom stereocenters. The third kappa shape index (κ3) is 4.56. The van der Waals surface area contributed by atoms with E-state index in [4.69, 9.17) is 0 Å². The molecular weight excluding hydrogens is 358 g/mol. The van der Waals surface area contributed by atoms with Gasteiger partial charge < -0.3 is 5.32 Å². The zero-order valence-electron chi connectivity index (χ0n) is 14.9. The van der Waals surface area contributed by atoms with Gasteiger partial charge in [-0.05, 0) is 29.8 Å². The predicted molar refractivity (Wildman–Crippen MR) is 108 cm³/mol. The molecule has 2 heterocycles. The number of nitrogens with zero attached hydrogens (tertiary/aromatic N) is 4. The molecule has 4 rings (SSSR count). The molecule has 1 fully saturated rings. The maximum atomic E-state index is 12.5. The van der Waals surface area contributed by atoms with Crippen molar-refractivity contribution in [2.24, 2.45) is 0 Å². The van der Waals surface area contributed by atoms with Crippen molar-refractivity contribution in [1.82, 2.24) is 19.9 Å². The summed E-state index contributed by atoms with van der Waals surface area (Å²) in [5.74, 6) is 2.64. The first-order valence-electron chi connectivity index (χ1n) is 8.96. The second kappa shape index (κ2) is 8.37. The number of nitrogens with one attached hydrogen (secondary N) is 1. The smallest absolute Gasteiger partial charge is 0.256 e. The summed E-state index contributed by atoms with van der Waals surface area (Å²) < 4.78 is 1.63. The van der Waals surface area contributed by atoms with E-state index in [1.807, 2.05) is 66.4 Å². The SMILES string of the molecule is O=C(Nc1cn(-c2ccccc2)nn1)c1ccc(CN2CCSCC2)cc1. The maximum Gasteiger partial charge on any atom is 0.256 e. The van der Waals surface area contributed by atoms with Crippen molar-refractivity contribution in [3.63, 3.8) is 0 Å². The van der Waals surface area contributed by atoms with Crippen LogP contribution in [0.3, 0.4) is 0 Å². The summed E-state index contributed by atoms with van der Waals surface area (Å²) in [6.07, 6.45) is 1.70. The van der Waals surface area contributed by atoms with Gasteiger partial charge in [0.05, 0.1) is 11.9 Å². The minimum Gasteiger partial charge on any atom is -0.304 e. The number of rotatable bonds is 5. The number of amides is 1. The Labute approximate surface area is 162 Å². The molecule has 1 aliphatic heterocycles. The fourth-order valence-corrected chi connectivity index (χ4v) is 3.97. The number of thioether (sulfide) groups is 1. The van der Waals surface area contributed by atoms with E-state index in [-0.39, 0.29) is 5.91 Å². The molecule has 0 atom stereocenters. The fraction of sp³-hybridized carbons (Fsp3) is 0.250. The maximum absolute atomic E-state index is 12.5. The van der Waals surface area contributed by atoms with Crippen molar-refractivity contribution in [1.29, 1.82) is 0 Å². The molecule has 1 amide bonds. The quantitative estimate of drug-likeness (QED) is 0.738. The average Bonchev–Trinajstić information content (AvgIpc) is 3.18. The van der Waals surface area contributed by atoms with Gasteiger partial charge in [-0.25, -0.2) is 4.68 Å². The monoisotopic (exact) mass is 379 g/mol. The van der Waals surface area contributed by atoms with Crippen LogP contribution in [0.4, 0.5) is 5.82 Å². The Hall–Kier alpha value is -2.64. The van der Waals surface area contributed by atoms with Gasteiger partial charge in [-0.1, -0.05) is 35.5 Å². The molecule has 0 bridgehead atoms. The normalized spacial score (nSPS) is 14.8. The molecule has 1 saturated heterocycles. The van der Waals surface area contributed by atoms with Gasteiger partial charge in [0.1, 0.15) is 0 Å². The van der Waals surface area contributed by atoms with E-state index in [9.17, 15) is 4.79 Å². The van der Waals surface area contributed by atoms with Crippen LogP contribution in [-0.4, -0.2) is 50.4 Å². The van der Waals surface area contributed by atoms with Crippen molar-refractivity contribution in [2.45, 2.75) is 6.54 Å². The fourth-order valence-electron chi connectivity index (χ4n) is 3.00. The van der Waals surface area contributed by atoms with Gasteiger partial charge >= 0.3 is 0 Å². The van der Waals surface area contributed by atoms with E-state index in [2.05, 4.69) is 20.5 Å². The first-order valence-corrected chi connectivity index (χ1v) is 10.1. The van der Waals surface area contributed by atoms with Crippen LogP contribution >= 0.6 is 11.8 Å². The second-order valence-electron chi connectivity index (χ2n) is 6.42. The van der Waals surface area contributed by atoms with Gasteiger partial charge in [-0.2, -0.15) is 11.8 Å². The molecular formula is C20H21N5OS. The standard InChI is InChI=1S/C20H21N5OS/c26-20(21-19-15-25(23-22-19)18-4-2-1-3-5-18)17-8-6-16(7-9-17)14-24-10-12-27-13-11-24/h1-9,15H,10-14H2,(H,21,26). The molecule has 7 heteroatoms. The van der Waals surface area contributed by atoms with Crippen molar-refractivity contribution in [2.75, 3.05) is 29.9 Å². The van der Waals surface area contributed by atoms with Crippen LogP contribution in [-0.2, 0) is 6.54 Å². The molecule has 3 aromatic rings. The molecule has 6 nitrogen and oxygen atoms in total. The number of hydrogen-bond donors (Lipinski definition) is 1. The number of anilines is 1. The van der Waals surface area contributed by atoms with Crippen LogP contribution in [0.25, 0.3) is 5.69 Å². The third-order valence-corrected chi connectivity index (χ3v) is 5.42. The highest BCUT2D eigenvalue weighted by Gasteiger charge is 2.12. The topological polar surface area (TPSA) is 63.1 Å². The summed E-state index contributed by atoms with van der Waals surface area (Å²) in [5, 5.41) is 10.9. The zero-order valence-corrected chi connectivity index (χ0v) is 15.7. The summed E-state index contributed by atoms with van der Waals surface area (Å²) in [6.45, 7) is 3.20. The van der Waals surface area contributed by atoms with E-state index < -0.39 is 0 Å². The van der Waals surface area contributed by atoms with Gasteiger partial charge in [0.2, 0.25) is 0 Å². The predicted octanol–water partition coefficient (Wildman–Crippen LogP) is 3.07. The van der Waals surface area contributed by atoms with E-state index in [1.54, 1.807) is 10.9 Å². The van der Waals surface area contributed by atoms with Crippen molar-refractivity contribution in [3.05, 3.63) is 71.9 Å². The summed E-state index contributed by atoms with van der Waals surface area (Å²) in [4.78, 5) is 14.9. The molecule has 2 aromatic carbocycles. The Morgan fingerprint density at radius 2 is 1.78 bits per heavy atom. The van der Waals surface area contributed by atoms with Crippen LogP contribution in [0.15, 0.2) is 60.8 Å². The number of hydrogen-bond acceptors (Lipinski definition) is 5. The number of benzene rings is 2. The lowest BCUT2D eigenvalue weighted by molar-refractivity contribution is 0.102. The average molecular weight is 379 g/mol. The molecule has 138 valence electrons. The molecule has 0 aliphatic carbocycles. The lowest BCUT2D eigenvalue weighted by atomic mass is 10.1. The summed E-state index contributed by atoms with van der Waals surface area (Å²) in [7, 11) is 0. The number of carbonyl (C=O) groups excluding carboxylic acids is 1. The minimum absolute atomic E-state index is 0.184. The van der Waals surface area contributed by atoms with Gasteiger partial charge in [0.15, 0.2) is 5.82 Å². The van der Waals surface area contributed by atoms with E-state index >= 15 is 0 Å². The van der Waals surface area contributed by atoms with Crippen molar-refractivity contribution < 1.29 is 4.79 Å². The largest absolute Gasteiger partial charge is 0.304 e. The number of para-hydroxylation sites is 1. The summed E-state index contributed by atoms with van der Waals surface area (Å²) >= 11 is 2.01. The highest BCUT2D eigenvalue weighted by Crippen LogP contribution is 2.14. The van der Waals surface area contributed by atoms with Crippen LogP contribution in [0, 0.1) is 0 Å². The number of aromatic nitrogens is 3. The Morgan fingerprint density at radius 3 is 2.52 bits per heavy atom.